The molecule has 0 unspecified atom stereocenters. The number of thioether (sulfide) groups is 1. The molecule has 0 saturated carbocycles. The van der Waals surface area contributed by atoms with Crippen molar-refractivity contribution in [2.45, 2.75) is 4.90 Å². The summed E-state index contributed by atoms with van der Waals surface area (Å²) < 4.78 is 5.23. The first-order chi connectivity index (χ1) is 6.88. The highest BCUT2D eigenvalue weighted by molar-refractivity contribution is 7.99. The van der Waals surface area contributed by atoms with E-state index in [1.807, 2.05) is 24.3 Å². The molecule has 0 fully saturated rings. The molecule has 0 amide bonds. The van der Waals surface area contributed by atoms with Gasteiger partial charge in [-0.25, -0.2) is 0 Å². The maximum absolute atomic E-state index is 5.52. The minimum absolute atomic E-state index is 0.576. The lowest BCUT2D eigenvalue weighted by Gasteiger charge is -2.05. The Labute approximate surface area is 94.1 Å². The second-order valence-electron chi connectivity index (χ2n) is 2.59. The van der Waals surface area contributed by atoms with Gasteiger partial charge >= 0.3 is 0 Å². The van der Waals surface area contributed by atoms with Gasteiger partial charge in [0.05, 0.1) is 7.11 Å². The van der Waals surface area contributed by atoms with E-state index in [4.69, 9.17) is 16.3 Å². The maximum atomic E-state index is 5.52. The summed E-state index contributed by atoms with van der Waals surface area (Å²) in [5, 5.41) is 0. The van der Waals surface area contributed by atoms with Crippen LogP contribution in [-0.4, -0.2) is 18.7 Å². The van der Waals surface area contributed by atoms with Crippen molar-refractivity contribution < 1.29 is 4.74 Å². The van der Waals surface area contributed by atoms with Crippen LogP contribution < -0.4 is 4.74 Å². The van der Waals surface area contributed by atoms with Gasteiger partial charge < -0.3 is 4.74 Å². The smallest absolute Gasteiger partial charge is 0.132 e. The Morgan fingerprint density at radius 2 is 2.14 bits per heavy atom. The van der Waals surface area contributed by atoms with E-state index in [0.29, 0.717) is 5.88 Å². The summed E-state index contributed by atoms with van der Waals surface area (Å²) >= 11 is 7.26. The van der Waals surface area contributed by atoms with Gasteiger partial charge in [0, 0.05) is 16.5 Å². The molecule has 0 aliphatic rings. The lowest BCUT2D eigenvalue weighted by Crippen LogP contribution is -1.85. The molecule has 0 aliphatic carbocycles. The van der Waals surface area contributed by atoms with Gasteiger partial charge in [-0.3, -0.25) is 0 Å². The number of alkyl halides is 1. The minimum atomic E-state index is 0.576. The van der Waals surface area contributed by atoms with E-state index in [1.54, 1.807) is 18.9 Å². The van der Waals surface area contributed by atoms with Crippen LogP contribution in [0.5, 0.6) is 5.75 Å². The Balaban J connectivity index is 2.53. The molecule has 0 N–H and O–H groups in total. The third kappa shape index (κ3) is 3.64. The van der Waals surface area contributed by atoms with Crippen LogP contribution in [0.4, 0.5) is 0 Å². The van der Waals surface area contributed by atoms with E-state index < -0.39 is 0 Å². The predicted octanol–water partition coefficient (Wildman–Crippen LogP) is 3.58. The van der Waals surface area contributed by atoms with Crippen LogP contribution in [0.2, 0.25) is 0 Å². The lowest BCUT2D eigenvalue weighted by molar-refractivity contribution is 0.405. The number of methoxy groups -OCH3 is 1. The molecule has 0 saturated heterocycles. The molecule has 14 heavy (non-hydrogen) atoms. The summed E-state index contributed by atoms with van der Waals surface area (Å²) in [5.74, 6) is 2.43. The highest BCUT2D eigenvalue weighted by Crippen LogP contribution is 2.28. The van der Waals surface area contributed by atoms with E-state index in [0.717, 1.165) is 16.4 Å². The Kier molecular flexibility index (Phi) is 5.57. The number of halogens is 1. The standard InChI is InChI=1S/C11H13ClOS/c1-13-10-6-2-3-7-11(10)14-9-5-4-8-12/h2-7H,8-9H2,1H3. The van der Waals surface area contributed by atoms with Crippen molar-refractivity contribution in [2.75, 3.05) is 18.7 Å². The number of para-hydroxylation sites is 1. The van der Waals surface area contributed by atoms with Crippen molar-refractivity contribution >= 4 is 23.4 Å². The third-order valence-corrected chi connectivity index (χ3v) is 2.85. The second kappa shape index (κ2) is 6.80. The molecule has 0 bridgehead atoms. The van der Waals surface area contributed by atoms with Gasteiger partial charge in [0.15, 0.2) is 0 Å². The van der Waals surface area contributed by atoms with Crippen LogP contribution in [0.15, 0.2) is 41.3 Å². The maximum Gasteiger partial charge on any atom is 0.132 e. The molecule has 3 heteroatoms. The van der Waals surface area contributed by atoms with Crippen molar-refractivity contribution in [3.05, 3.63) is 36.4 Å². The molecule has 1 nitrogen and oxygen atoms in total. The van der Waals surface area contributed by atoms with Crippen LogP contribution >= 0.6 is 23.4 Å². The SMILES string of the molecule is COc1ccccc1SCC=CCCl. The monoisotopic (exact) mass is 228 g/mol. The number of benzene rings is 1. The first-order valence-electron chi connectivity index (χ1n) is 4.35. The number of rotatable bonds is 5. The second-order valence-corrected chi connectivity index (χ2v) is 3.96. The van der Waals surface area contributed by atoms with Crippen LogP contribution in [0.25, 0.3) is 0 Å². The fraction of sp³-hybridized carbons (Fsp3) is 0.273. The van der Waals surface area contributed by atoms with Gasteiger partial charge in [0.1, 0.15) is 5.75 Å². The molecule has 1 aromatic rings. The predicted molar refractivity (Wildman–Crippen MR) is 63.6 cm³/mol. The van der Waals surface area contributed by atoms with E-state index >= 15 is 0 Å². The lowest BCUT2D eigenvalue weighted by atomic mass is 10.3. The first-order valence-corrected chi connectivity index (χ1v) is 5.87. The fourth-order valence-electron chi connectivity index (χ4n) is 1.01. The zero-order valence-corrected chi connectivity index (χ0v) is 9.65. The van der Waals surface area contributed by atoms with Gasteiger partial charge in [0.25, 0.3) is 0 Å². The molecular formula is C11H13ClOS. The Bertz CT molecular complexity index is 299. The molecule has 0 aliphatic heterocycles. The summed E-state index contributed by atoms with van der Waals surface area (Å²) in [7, 11) is 1.69. The molecule has 1 aromatic carbocycles. The Morgan fingerprint density at radius 3 is 2.86 bits per heavy atom. The van der Waals surface area contributed by atoms with Gasteiger partial charge in [-0.2, -0.15) is 0 Å². The van der Waals surface area contributed by atoms with Gasteiger partial charge in [-0.1, -0.05) is 24.3 Å². The number of ether oxygens (including phenoxy) is 1. The van der Waals surface area contributed by atoms with E-state index in [9.17, 15) is 0 Å². The fourth-order valence-corrected chi connectivity index (χ4v) is 2.01. The Morgan fingerprint density at radius 1 is 1.36 bits per heavy atom. The van der Waals surface area contributed by atoms with Crippen molar-refractivity contribution in [3.63, 3.8) is 0 Å². The molecule has 0 radical (unpaired) electrons. The zero-order chi connectivity index (χ0) is 10.2. The summed E-state index contributed by atoms with van der Waals surface area (Å²) in [5.41, 5.74) is 0. The van der Waals surface area contributed by atoms with Crippen LogP contribution in [0, 0.1) is 0 Å². The highest BCUT2D eigenvalue weighted by atomic mass is 35.5. The van der Waals surface area contributed by atoms with Crippen molar-refractivity contribution in [1.29, 1.82) is 0 Å². The van der Waals surface area contributed by atoms with Gasteiger partial charge in [-0.05, 0) is 12.1 Å². The van der Waals surface area contributed by atoms with Gasteiger partial charge in [-0.15, -0.1) is 23.4 Å². The molecular weight excluding hydrogens is 216 g/mol. The summed E-state index contributed by atoms with van der Waals surface area (Å²) in [6, 6.07) is 8.00. The molecule has 76 valence electrons. The summed E-state index contributed by atoms with van der Waals surface area (Å²) in [6.07, 6.45) is 4.01. The number of hydrogen-bond acceptors (Lipinski definition) is 2. The quantitative estimate of drug-likeness (QED) is 0.433. The van der Waals surface area contributed by atoms with E-state index in [1.165, 1.54) is 0 Å². The number of allylic oxidation sites excluding steroid dienone is 1. The van der Waals surface area contributed by atoms with Crippen molar-refractivity contribution in [2.24, 2.45) is 0 Å². The zero-order valence-electron chi connectivity index (χ0n) is 8.07. The average molecular weight is 229 g/mol. The third-order valence-electron chi connectivity index (χ3n) is 1.66. The van der Waals surface area contributed by atoms with E-state index in [2.05, 4.69) is 12.1 Å². The summed E-state index contributed by atoms with van der Waals surface area (Å²) in [4.78, 5) is 1.16. The Hall–Kier alpha value is -0.600. The van der Waals surface area contributed by atoms with Crippen molar-refractivity contribution in [1.82, 2.24) is 0 Å². The molecule has 0 heterocycles. The topological polar surface area (TPSA) is 9.23 Å². The molecule has 0 atom stereocenters. The molecule has 1 rings (SSSR count). The molecule has 0 spiro atoms. The van der Waals surface area contributed by atoms with Crippen LogP contribution in [0.3, 0.4) is 0 Å². The van der Waals surface area contributed by atoms with Crippen molar-refractivity contribution in [3.8, 4) is 5.75 Å². The largest absolute Gasteiger partial charge is 0.496 e. The van der Waals surface area contributed by atoms with Crippen LogP contribution in [0.1, 0.15) is 0 Å². The van der Waals surface area contributed by atoms with Crippen LogP contribution in [-0.2, 0) is 0 Å². The normalized spacial score (nSPS) is 10.7. The average Bonchev–Trinajstić information content (AvgIpc) is 2.25. The molecule has 0 aromatic heterocycles. The van der Waals surface area contributed by atoms with E-state index in [-0.39, 0.29) is 0 Å². The number of hydrogen-bond donors (Lipinski definition) is 0. The van der Waals surface area contributed by atoms with Gasteiger partial charge in [0.2, 0.25) is 0 Å². The highest BCUT2D eigenvalue weighted by Gasteiger charge is 1.99. The first kappa shape index (κ1) is 11.5. The summed E-state index contributed by atoms with van der Waals surface area (Å²) in [6.45, 7) is 0. The minimum Gasteiger partial charge on any atom is -0.496 e.